The molecule has 1 heterocycles. The Morgan fingerprint density at radius 1 is 1.43 bits per heavy atom. The zero-order valence-electron chi connectivity index (χ0n) is 12.5. The molecule has 0 bridgehead atoms. The second-order valence-corrected chi connectivity index (χ2v) is 8.11. The number of nitrogens with zero attached hydrogens (tertiary/aromatic N) is 2. The van der Waals surface area contributed by atoms with Crippen molar-refractivity contribution in [3.05, 3.63) is 12.4 Å². The van der Waals surface area contributed by atoms with Crippen molar-refractivity contribution in [1.82, 2.24) is 19.8 Å². The number of hydrogen-bond acceptors (Lipinski definition) is 4. The van der Waals surface area contributed by atoms with E-state index in [-0.39, 0.29) is 10.3 Å². The molecule has 0 amide bonds. The molecule has 118 valence electrons. The van der Waals surface area contributed by atoms with Crippen LogP contribution in [0.15, 0.2) is 17.3 Å². The molecule has 0 unspecified atom stereocenters. The number of rotatable bonds is 9. The highest BCUT2D eigenvalue weighted by Crippen LogP contribution is 2.48. The van der Waals surface area contributed by atoms with Crippen LogP contribution in [0.3, 0.4) is 0 Å². The fourth-order valence-electron chi connectivity index (χ4n) is 2.44. The highest BCUT2D eigenvalue weighted by Gasteiger charge is 2.41. The minimum absolute atomic E-state index is 0.206. The third-order valence-corrected chi connectivity index (χ3v) is 5.97. The van der Waals surface area contributed by atoms with E-state index in [1.807, 2.05) is 0 Å². The van der Waals surface area contributed by atoms with Crippen molar-refractivity contribution >= 4 is 10.0 Å². The van der Waals surface area contributed by atoms with E-state index in [1.54, 1.807) is 10.9 Å². The van der Waals surface area contributed by atoms with Gasteiger partial charge in [0.25, 0.3) is 0 Å². The third kappa shape index (κ3) is 3.84. The van der Waals surface area contributed by atoms with Crippen LogP contribution in [0.4, 0.5) is 0 Å². The molecule has 0 aliphatic heterocycles. The molecule has 1 aromatic rings. The topological polar surface area (TPSA) is 76.0 Å². The van der Waals surface area contributed by atoms with E-state index in [1.165, 1.54) is 19.0 Å². The van der Waals surface area contributed by atoms with E-state index in [4.69, 9.17) is 0 Å². The fourth-order valence-corrected chi connectivity index (χ4v) is 3.55. The Labute approximate surface area is 126 Å². The van der Waals surface area contributed by atoms with Crippen LogP contribution in [-0.4, -0.2) is 37.3 Å². The van der Waals surface area contributed by atoms with Gasteiger partial charge in [0.2, 0.25) is 10.0 Å². The van der Waals surface area contributed by atoms with Gasteiger partial charge < -0.3 is 5.32 Å². The Hall–Kier alpha value is -0.920. The van der Waals surface area contributed by atoms with Crippen LogP contribution >= 0.6 is 0 Å². The quantitative estimate of drug-likeness (QED) is 0.716. The summed E-state index contributed by atoms with van der Waals surface area (Å²) in [6, 6.07) is 0.661. The lowest BCUT2D eigenvalue weighted by Gasteiger charge is -2.12. The van der Waals surface area contributed by atoms with Crippen molar-refractivity contribution in [2.24, 2.45) is 5.41 Å². The largest absolute Gasteiger partial charge is 0.312 e. The van der Waals surface area contributed by atoms with E-state index in [2.05, 4.69) is 22.1 Å². The molecule has 1 aromatic heterocycles. The summed E-state index contributed by atoms with van der Waals surface area (Å²) in [5.41, 5.74) is 0.206. The van der Waals surface area contributed by atoms with Crippen LogP contribution in [0, 0.1) is 5.41 Å². The maximum absolute atomic E-state index is 12.2. The van der Waals surface area contributed by atoms with Crippen molar-refractivity contribution in [3.8, 4) is 0 Å². The van der Waals surface area contributed by atoms with Gasteiger partial charge in [0, 0.05) is 25.3 Å². The zero-order valence-corrected chi connectivity index (χ0v) is 13.3. The lowest BCUT2D eigenvalue weighted by Crippen LogP contribution is -2.30. The van der Waals surface area contributed by atoms with Crippen molar-refractivity contribution in [3.63, 3.8) is 0 Å². The average Bonchev–Trinajstić information content (AvgIpc) is 3.37. The summed E-state index contributed by atoms with van der Waals surface area (Å²) in [4.78, 5) is 0.265. The Morgan fingerprint density at radius 2 is 2.19 bits per heavy atom. The standard InChI is InChI=1S/C14H24N4O2S/c1-2-14(5-6-14)11-17-21(19,20)13-9-16-18(10-13)8-7-15-12-3-4-12/h9-10,12,15,17H,2-8,11H2,1H3. The summed E-state index contributed by atoms with van der Waals surface area (Å²) in [5.74, 6) is 0. The number of nitrogens with one attached hydrogen (secondary N) is 2. The van der Waals surface area contributed by atoms with Gasteiger partial charge in [-0.25, -0.2) is 13.1 Å². The Morgan fingerprint density at radius 3 is 2.81 bits per heavy atom. The molecule has 0 radical (unpaired) electrons. The van der Waals surface area contributed by atoms with E-state index in [0.29, 0.717) is 19.1 Å². The van der Waals surface area contributed by atoms with E-state index in [9.17, 15) is 8.42 Å². The van der Waals surface area contributed by atoms with Crippen LogP contribution in [0.1, 0.15) is 39.0 Å². The maximum atomic E-state index is 12.2. The van der Waals surface area contributed by atoms with Crippen LogP contribution < -0.4 is 10.0 Å². The van der Waals surface area contributed by atoms with Gasteiger partial charge in [-0.3, -0.25) is 4.68 Å². The third-order valence-electron chi connectivity index (χ3n) is 4.62. The summed E-state index contributed by atoms with van der Waals surface area (Å²) in [7, 11) is -3.43. The first kappa shape index (κ1) is 15.0. The molecule has 2 N–H and O–H groups in total. The molecule has 2 fully saturated rings. The predicted octanol–water partition coefficient (Wildman–Crippen LogP) is 1.10. The Kier molecular flexibility index (Phi) is 4.07. The second-order valence-electron chi connectivity index (χ2n) is 6.35. The molecular weight excluding hydrogens is 288 g/mol. The van der Waals surface area contributed by atoms with Crippen molar-refractivity contribution in [2.75, 3.05) is 13.1 Å². The number of aromatic nitrogens is 2. The Bertz CT molecular complexity index is 588. The minimum Gasteiger partial charge on any atom is -0.312 e. The van der Waals surface area contributed by atoms with E-state index < -0.39 is 10.0 Å². The molecule has 0 aromatic carbocycles. The predicted molar refractivity (Wildman–Crippen MR) is 80.4 cm³/mol. The minimum atomic E-state index is -3.43. The van der Waals surface area contributed by atoms with E-state index in [0.717, 1.165) is 25.8 Å². The van der Waals surface area contributed by atoms with Crippen LogP contribution in [0.2, 0.25) is 0 Å². The molecule has 6 nitrogen and oxygen atoms in total. The Balaban J connectivity index is 1.53. The number of sulfonamides is 1. The maximum Gasteiger partial charge on any atom is 0.243 e. The zero-order chi connectivity index (χ0) is 14.9. The highest BCUT2D eigenvalue weighted by atomic mass is 32.2. The van der Waals surface area contributed by atoms with Crippen molar-refractivity contribution in [1.29, 1.82) is 0 Å². The van der Waals surface area contributed by atoms with Crippen molar-refractivity contribution in [2.45, 2.75) is 56.5 Å². The molecule has 7 heteroatoms. The van der Waals surface area contributed by atoms with Gasteiger partial charge in [-0.15, -0.1) is 0 Å². The molecule has 0 atom stereocenters. The van der Waals surface area contributed by atoms with Gasteiger partial charge in [-0.1, -0.05) is 6.92 Å². The van der Waals surface area contributed by atoms with Gasteiger partial charge in [-0.2, -0.15) is 5.10 Å². The average molecular weight is 312 g/mol. The van der Waals surface area contributed by atoms with Crippen LogP contribution in [0.25, 0.3) is 0 Å². The van der Waals surface area contributed by atoms with Crippen molar-refractivity contribution < 1.29 is 8.42 Å². The fraction of sp³-hybridized carbons (Fsp3) is 0.786. The monoisotopic (exact) mass is 312 g/mol. The molecular formula is C14H24N4O2S. The molecule has 3 rings (SSSR count). The molecule has 2 aliphatic carbocycles. The first-order valence-electron chi connectivity index (χ1n) is 7.79. The molecule has 2 aliphatic rings. The van der Waals surface area contributed by atoms with Gasteiger partial charge in [0.05, 0.1) is 12.7 Å². The normalized spacial score (nSPS) is 20.6. The molecule has 2 saturated carbocycles. The van der Waals surface area contributed by atoms with Crippen LogP contribution in [-0.2, 0) is 16.6 Å². The SMILES string of the molecule is CCC1(CNS(=O)(=O)c2cnn(CCNC3CC3)c2)CC1. The summed E-state index contributed by atoms with van der Waals surface area (Å²) >= 11 is 0. The van der Waals surface area contributed by atoms with Gasteiger partial charge >= 0.3 is 0 Å². The summed E-state index contributed by atoms with van der Waals surface area (Å²) in [6.07, 6.45) is 8.83. The highest BCUT2D eigenvalue weighted by molar-refractivity contribution is 7.89. The first-order chi connectivity index (χ1) is 10.0. The lowest BCUT2D eigenvalue weighted by molar-refractivity contribution is 0.475. The number of hydrogen-bond donors (Lipinski definition) is 2. The molecule has 0 spiro atoms. The molecule has 21 heavy (non-hydrogen) atoms. The van der Waals surface area contributed by atoms with Crippen LogP contribution in [0.5, 0.6) is 0 Å². The first-order valence-corrected chi connectivity index (χ1v) is 9.27. The van der Waals surface area contributed by atoms with Gasteiger partial charge in [-0.05, 0) is 37.5 Å². The lowest BCUT2D eigenvalue weighted by atomic mass is 10.1. The summed E-state index contributed by atoms with van der Waals surface area (Å²) < 4.78 is 28.9. The summed E-state index contributed by atoms with van der Waals surface area (Å²) in [6.45, 7) is 4.19. The summed E-state index contributed by atoms with van der Waals surface area (Å²) in [5, 5.41) is 7.53. The molecule has 0 saturated heterocycles. The van der Waals surface area contributed by atoms with Gasteiger partial charge in [0.1, 0.15) is 4.90 Å². The van der Waals surface area contributed by atoms with Gasteiger partial charge in [0.15, 0.2) is 0 Å². The smallest absolute Gasteiger partial charge is 0.243 e. The van der Waals surface area contributed by atoms with E-state index >= 15 is 0 Å². The second kappa shape index (κ2) is 5.70.